The van der Waals surface area contributed by atoms with Crippen molar-refractivity contribution in [3.8, 4) is 5.75 Å². The Morgan fingerprint density at radius 1 is 1.04 bits per heavy atom. The lowest BCUT2D eigenvalue weighted by Crippen LogP contribution is -2.33. The summed E-state index contributed by atoms with van der Waals surface area (Å²) in [5.41, 5.74) is 3.24. The molecular formula is C21H22N2O3. The van der Waals surface area contributed by atoms with Crippen molar-refractivity contribution in [1.29, 1.82) is 0 Å². The number of imide groups is 1. The first-order valence-corrected chi connectivity index (χ1v) is 8.63. The molecule has 0 atom stereocenters. The smallest absolute Gasteiger partial charge is 0.278 e. The van der Waals surface area contributed by atoms with Gasteiger partial charge in [0.15, 0.2) is 0 Å². The summed E-state index contributed by atoms with van der Waals surface area (Å²) in [5.74, 6) is 0.121. The monoisotopic (exact) mass is 350 g/mol. The van der Waals surface area contributed by atoms with Gasteiger partial charge in [-0.3, -0.25) is 14.5 Å². The number of nitrogens with one attached hydrogen (secondary N) is 1. The Bertz CT molecular complexity index is 869. The summed E-state index contributed by atoms with van der Waals surface area (Å²) < 4.78 is 5.23. The van der Waals surface area contributed by atoms with E-state index in [1.54, 1.807) is 13.2 Å². The second-order valence-electron chi connectivity index (χ2n) is 6.23. The Hall–Kier alpha value is -3.08. The molecule has 0 fully saturated rings. The zero-order valence-electron chi connectivity index (χ0n) is 15.2. The van der Waals surface area contributed by atoms with Crippen molar-refractivity contribution >= 4 is 23.1 Å². The first kappa shape index (κ1) is 17.7. The van der Waals surface area contributed by atoms with Crippen LogP contribution in [0.25, 0.3) is 5.57 Å². The molecule has 0 aromatic heterocycles. The number of benzene rings is 2. The third-order valence-corrected chi connectivity index (χ3v) is 4.29. The number of methoxy groups -OCH3 is 1. The molecule has 0 saturated carbocycles. The predicted molar refractivity (Wildman–Crippen MR) is 102 cm³/mol. The SMILES string of the molecule is CCCN1C(=O)C(Nc2cccc(OC)c2)=C(c2ccc(C)cc2)C1=O. The Kier molecular flexibility index (Phi) is 5.07. The molecule has 134 valence electrons. The van der Waals surface area contributed by atoms with E-state index in [1.165, 1.54) is 4.90 Å². The quantitative estimate of drug-likeness (QED) is 0.809. The minimum absolute atomic E-state index is 0.258. The molecule has 0 saturated heterocycles. The molecule has 2 aromatic carbocycles. The standard InChI is InChI=1S/C21H22N2O3/c1-4-12-23-20(24)18(15-10-8-14(2)9-11-15)19(21(23)25)22-16-6-5-7-17(13-16)26-3/h5-11,13,22H,4,12H2,1-3H3. The zero-order chi connectivity index (χ0) is 18.7. The minimum atomic E-state index is -0.296. The molecule has 0 bridgehead atoms. The lowest BCUT2D eigenvalue weighted by molar-refractivity contribution is -0.136. The van der Waals surface area contributed by atoms with E-state index in [-0.39, 0.29) is 11.8 Å². The highest BCUT2D eigenvalue weighted by molar-refractivity contribution is 6.36. The van der Waals surface area contributed by atoms with E-state index >= 15 is 0 Å². The molecule has 2 amide bonds. The van der Waals surface area contributed by atoms with Gasteiger partial charge < -0.3 is 10.1 Å². The van der Waals surface area contributed by atoms with Crippen LogP contribution in [0.4, 0.5) is 5.69 Å². The second kappa shape index (κ2) is 7.44. The molecule has 1 N–H and O–H groups in total. The number of aryl methyl sites for hydroxylation is 1. The third kappa shape index (κ3) is 3.33. The van der Waals surface area contributed by atoms with Gasteiger partial charge in [0.05, 0.1) is 12.7 Å². The average Bonchev–Trinajstić information content (AvgIpc) is 2.87. The van der Waals surface area contributed by atoms with Crippen LogP contribution < -0.4 is 10.1 Å². The van der Waals surface area contributed by atoms with Crippen molar-refractivity contribution in [1.82, 2.24) is 4.90 Å². The van der Waals surface area contributed by atoms with Crippen LogP contribution in [0.2, 0.25) is 0 Å². The maximum Gasteiger partial charge on any atom is 0.278 e. The number of ether oxygens (including phenoxy) is 1. The maximum atomic E-state index is 12.9. The largest absolute Gasteiger partial charge is 0.497 e. The van der Waals surface area contributed by atoms with E-state index in [1.807, 2.05) is 56.3 Å². The Morgan fingerprint density at radius 3 is 2.42 bits per heavy atom. The van der Waals surface area contributed by atoms with Gasteiger partial charge in [0.2, 0.25) is 0 Å². The summed E-state index contributed by atoms with van der Waals surface area (Å²) in [4.78, 5) is 27.1. The van der Waals surface area contributed by atoms with E-state index < -0.39 is 0 Å². The number of hydrogen-bond donors (Lipinski definition) is 1. The highest BCUT2D eigenvalue weighted by Crippen LogP contribution is 2.31. The normalized spacial score (nSPS) is 14.2. The molecule has 3 rings (SSSR count). The fourth-order valence-corrected chi connectivity index (χ4v) is 2.95. The molecule has 1 heterocycles. The van der Waals surface area contributed by atoms with Crippen LogP contribution in [0, 0.1) is 6.92 Å². The summed E-state index contributed by atoms with van der Waals surface area (Å²) in [5, 5.41) is 3.13. The van der Waals surface area contributed by atoms with Crippen molar-refractivity contribution < 1.29 is 14.3 Å². The van der Waals surface area contributed by atoms with Gasteiger partial charge in [-0.1, -0.05) is 42.8 Å². The van der Waals surface area contributed by atoms with E-state index in [0.717, 1.165) is 11.1 Å². The molecule has 5 heteroatoms. The summed E-state index contributed by atoms with van der Waals surface area (Å²) >= 11 is 0. The molecule has 1 aliphatic heterocycles. The predicted octanol–water partition coefficient (Wildman–Crippen LogP) is 3.61. The van der Waals surface area contributed by atoms with Gasteiger partial charge in [-0.25, -0.2) is 0 Å². The van der Waals surface area contributed by atoms with Gasteiger partial charge in [0.1, 0.15) is 11.4 Å². The molecule has 0 unspecified atom stereocenters. The van der Waals surface area contributed by atoms with Crippen LogP contribution in [-0.4, -0.2) is 30.4 Å². The lowest BCUT2D eigenvalue weighted by Gasteiger charge is -2.14. The topological polar surface area (TPSA) is 58.6 Å². The summed E-state index contributed by atoms with van der Waals surface area (Å²) in [6.07, 6.45) is 0.713. The van der Waals surface area contributed by atoms with Crippen LogP contribution in [0.1, 0.15) is 24.5 Å². The molecule has 5 nitrogen and oxygen atoms in total. The van der Waals surface area contributed by atoms with Crippen LogP contribution in [0.3, 0.4) is 0 Å². The van der Waals surface area contributed by atoms with Crippen molar-refractivity contribution in [3.05, 3.63) is 65.4 Å². The summed E-state index contributed by atoms with van der Waals surface area (Å²) in [7, 11) is 1.59. The zero-order valence-corrected chi connectivity index (χ0v) is 15.2. The Labute approximate surface area is 153 Å². The molecule has 0 aliphatic carbocycles. The highest BCUT2D eigenvalue weighted by atomic mass is 16.5. The number of hydrogen-bond acceptors (Lipinski definition) is 4. The Balaban J connectivity index is 2.05. The first-order valence-electron chi connectivity index (χ1n) is 8.63. The van der Waals surface area contributed by atoms with Crippen molar-refractivity contribution in [3.63, 3.8) is 0 Å². The number of rotatable bonds is 6. The maximum absolute atomic E-state index is 12.9. The van der Waals surface area contributed by atoms with Crippen LogP contribution in [0.5, 0.6) is 5.75 Å². The van der Waals surface area contributed by atoms with Crippen molar-refractivity contribution in [2.45, 2.75) is 20.3 Å². The molecule has 0 radical (unpaired) electrons. The van der Waals surface area contributed by atoms with E-state index in [0.29, 0.717) is 35.7 Å². The highest BCUT2D eigenvalue weighted by Gasteiger charge is 2.38. The van der Waals surface area contributed by atoms with Gasteiger partial charge >= 0.3 is 0 Å². The van der Waals surface area contributed by atoms with Gasteiger partial charge in [-0.2, -0.15) is 0 Å². The van der Waals surface area contributed by atoms with Gasteiger partial charge in [0, 0.05) is 18.3 Å². The van der Waals surface area contributed by atoms with Gasteiger partial charge in [-0.15, -0.1) is 0 Å². The molecule has 26 heavy (non-hydrogen) atoms. The summed E-state index contributed by atoms with van der Waals surface area (Å²) in [6, 6.07) is 14.9. The van der Waals surface area contributed by atoms with E-state index in [4.69, 9.17) is 4.74 Å². The fourth-order valence-electron chi connectivity index (χ4n) is 2.95. The van der Waals surface area contributed by atoms with Crippen molar-refractivity contribution in [2.24, 2.45) is 0 Å². The number of nitrogens with zero attached hydrogens (tertiary/aromatic N) is 1. The van der Waals surface area contributed by atoms with Gasteiger partial charge in [0.25, 0.3) is 11.8 Å². The molecular weight excluding hydrogens is 328 g/mol. The second-order valence-corrected chi connectivity index (χ2v) is 6.23. The van der Waals surface area contributed by atoms with Crippen LogP contribution >= 0.6 is 0 Å². The average molecular weight is 350 g/mol. The fraction of sp³-hybridized carbons (Fsp3) is 0.238. The van der Waals surface area contributed by atoms with Gasteiger partial charge in [-0.05, 0) is 31.0 Å². The number of amides is 2. The van der Waals surface area contributed by atoms with E-state index in [9.17, 15) is 9.59 Å². The number of carbonyl (C=O) groups is 2. The molecule has 0 spiro atoms. The number of carbonyl (C=O) groups excluding carboxylic acids is 2. The van der Waals surface area contributed by atoms with Crippen molar-refractivity contribution in [2.75, 3.05) is 19.0 Å². The minimum Gasteiger partial charge on any atom is -0.497 e. The Morgan fingerprint density at radius 2 is 1.77 bits per heavy atom. The lowest BCUT2D eigenvalue weighted by atomic mass is 10.0. The first-order chi connectivity index (χ1) is 12.5. The molecule has 2 aromatic rings. The number of anilines is 1. The van der Waals surface area contributed by atoms with Crippen LogP contribution in [-0.2, 0) is 9.59 Å². The van der Waals surface area contributed by atoms with E-state index in [2.05, 4.69) is 5.32 Å². The summed E-state index contributed by atoms with van der Waals surface area (Å²) in [6.45, 7) is 4.33. The third-order valence-electron chi connectivity index (χ3n) is 4.29. The van der Waals surface area contributed by atoms with Crippen LogP contribution in [0.15, 0.2) is 54.2 Å². The molecule has 1 aliphatic rings.